The smallest absolute Gasteiger partial charge is 0.0541 e. The zero-order valence-corrected chi connectivity index (χ0v) is 35.0. The Morgan fingerprint density at radius 1 is 0.371 bits per heavy atom. The van der Waals surface area contributed by atoms with Crippen molar-refractivity contribution in [1.29, 1.82) is 0 Å². The molecule has 12 aromatic rings. The Morgan fingerprint density at radius 3 is 1.66 bits per heavy atom. The molecule has 2 aromatic heterocycles. The van der Waals surface area contributed by atoms with Crippen molar-refractivity contribution in [3.63, 3.8) is 0 Å². The van der Waals surface area contributed by atoms with Crippen LogP contribution in [0, 0.1) is 6.92 Å². The van der Waals surface area contributed by atoms with E-state index < -0.39 is 0 Å². The number of aromatic nitrogens is 1. The SMILES string of the molecule is Cc1cc(-c2cccc(-n3c4ccccc4c4ccccc43)c2)ccc1N(c1ccc(-c2ccc3sc4ccccc4c3c2)cc1)c1ccc(-c2cccc3ccccc23)cc1. The number of aryl methyl sites for hydroxylation is 1. The molecule has 2 heterocycles. The van der Waals surface area contributed by atoms with Gasteiger partial charge in [-0.05, 0) is 136 Å². The lowest BCUT2D eigenvalue weighted by Gasteiger charge is -2.28. The molecule has 0 aliphatic rings. The molecule has 0 aliphatic carbocycles. The van der Waals surface area contributed by atoms with Gasteiger partial charge in [0.15, 0.2) is 0 Å². The van der Waals surface area contributed by atoms with Crippen molar-refractivity contribution in [3.05, 3.63) is 230 Å². The van der Waals surface area contributed by atoms with Crippen molar-refractivity contribution in [1.82, 2.24) is 4.57 Å². The van der Waals surface area contributed by atoms with Crippen molar-refractivity contribution in [2.45, 2.75) is 6.92 Å². The van der Waals surface area contributed by atoms with E-state index in [4.69, 9.17) is 0 Å². The number of benzene rings is 10. The van der Waals surface area contributed by atoms with E-state index in [2.05, 4.69) is 241 Å². The molecular weight excluding hydrogens is 769 g/mol. The molecule has 292 valence electrons. The first-order chi connectivity index (χ1) is 30.6. The minimum absolute atomic E-state index is 1.11. The molecule has 0 saturated heterocycles. The molecule has 0 N–H and O–H groups in total. The molecule has 0 saturated carbocycles. The topological polar surface area (TPSA) is 8.17 Å². The van der Waals surface area contributed by atoms with Gasteiger partial charge in [0.05, 0.1) is 11.0 Å². The van der Waals surface area contributed by atoms with Crippen LogP contribution in [0.5, 0.6) is 0 Å². The average molecular weight is 809 g/mol. The van der Waals surface area contributed by atoms with Crippen molar-refractivity contribution in [2.24, 2.45) is 0 Å². The predicted octanol–water partition coefficient (Wildman–Crippen LogP) is 17.1. The van der Waals surface area contributed by atoms with Gasteiger partial charge >= 0.3 is 0 Å². The van der Waals surface area contributed by atoms with Crippen LogP contribution in [0.15, 0.2) is 224 Å². The first-order valence-corrected chi connectivity index (χ1v) is 22.1. The summed E-state index contributed by atoms with van der Waals surface area (Å²) in [5, 5.41) is 7.68. The Bertz CT molecular complexity index is 3590. The van der Waals surface area contributed by atoms with Crippen LogP contribution in [-0.4, -0.2) is 4.57 Å². The summed E-state index contributed by atoms with van der Waals surface area (Å²) in [5.41, 5.74) is 15.4. The lowest BCUT2D eigenvalue weighted by Crippen LogP contribution is -2.11. The maximum atomic E-state index is 2.40. The molecule has 12 rings (SSSR count). The maximum Gasteiger partial charge on any atom is 0.0541 e. The number of nitrogens with zero attached hydrogens (tertiary/aromatic N) is 2. The van der Waals surface area contributed by atoms with E-state index in [1.807, 2.05) is 11.3 Å². The van der Waals surface area contributed by atoms with Gasteiger partial charge < -0.3 is 9.47 Å². The van der Waals surface area contributed by atoms with Crippen LogP contribution in [0.25, 0.3) is 91.8 Å². The van der Waals surface area contributed by atoms with Gasteiger partial charge in [-0.15, -0.1) is 11.3 Å². The summed E-state index contributed by atoms with van der Waals surface area (Å²) in [5.74, 6) is 0. The van der Waals surface area contributed by atoms with Gasteiger partial charge in [0.25, 0.3) is 0 Å². The lowest BCUT2D eigenvalue weighted by atomic mass is 9.97. The van der Waals surface area contributed by atoms with Crippen LogP contribution < -0.4 is 4.90 Å². The summed E-state index contributed by atoms with van der Waals surface area (Å²) >= 11 is 1.86. The number of para-hydroxylation sites is 2. The van der Waals surface area contributed by atoms with Crippen LogP contribution in [0.2, 0.25) is 0 Å². The third-order valence-corrected chi connectivity index (χ3v) is 13.7. The minimum Gasteiger partial charge on any atom is -0.310 e. The Balaban J connectivity index is 0.941. The second-order valence-electron chi connectivity index (χ2n) is 16.2. The summed E-state index contributed by atoms with van der Waals surface area (Å²) in [7, 11) is 0. The number of fused-ring (bicyclic) bond motifs is 7. The first kappa shape index (κ1) is 36.2. The van der Waals surface area contributed by atoms with Gasteiger partial charge in [-0.3, -0.25) is 0 Å². The van der Waals surface area contributed by atoms with Gasteiger partial charge in [-0.25, -0.2) is 0 Å². The monoisotopic (exact) mass is 808 g/mol. The quantitative estimate of drug-likeness (QED) is 0.156. The summed E-state index contributed by atoms with van der Waals surface area (Å²) in [6.07, 6.45) is 0. The molecule has 0 fully saturated rings. The molecule has 0 radical (unpaired) electrons. The highest BCUT2D eigenvalue weighted by Crippen LogP contribution is 2.42. The van der Waals surface area contributed by atoms with Gasteiger partial charge in [-0.1, -0.05) is 146 Å². The van der Waals surface area contributed by atoms with Crippen LogP contribution >= 0.6 is 11.3 Å². The van der Waals surface area contributed by atoms with Crippen molar-refractivity contribution < 1.29 is 0 Å². The number of rotatable bonds is 7. The molecular formula is C59H40N2S. The Hall–Kier alpha value is -7.72. The third kappa shape index (κ3) is 6.09. The van der Waals surface area contributed by atoms with Gasteiger partial charge in [0.2, 0.25) is 0 Å². The summed E-state index contributed by atoms with van der Waals surface area (Å²) in [4.78, 5) is 2.40. The van der Waals surface area contributed by atoms with Crippen LogP contribution in [0.1, 0.15) is 5.56 Å². The molecule has 0 unspecified atom stereocenters. The molecule has 62 heavy (non-hydrogen) atoms. The van der Waals surface area contributed by atoms with E-state index in [0.717, 1.165) is 22.7 Å². The van der Waals surface area contributed by atoms with Crippen LogP contribution in [-0.2, 0) is 0 Å². The maximum absolute atomic E-state index is 2.40. The van der Waals surface area contributed by atoms with Crippen molar-refractivity contribution >= 4 is 81.1 Å². The summed E-state index contributed by atoms with van der Waals surface area (Å²) < 4.78 is 5.04. The van der Waals surface area contributed by atoms with Crippen molar-refractivity contribution in [3.8, 4) is 39.1 Å². The number of anilines is 3. The molecule has 0 bridgehead atoms. The molecule has 0 spiro atoms. The highest BCUT2D eigenvalue weighted by atomic mass is 32.1. The largest absolute Gasteiger partial charge is 0.310 e. The number of hydrogen-bond acceptors (Lipinski definition) is 2. The van der Waals surface area contributed by atoms with Gasteiger partial charge in [-0.2, -0.15) is 0 Å². The van der Waals surface area contributed by atoms with Crippen molar-refractivity contribution in [2.75, 3.05) is 4.90 Å². The fourth-order valence-electron chi connectivity index (χ4n) is 9.51. The number of hydrogen-bond donors (Lipinski definition) is 0. The summed E-state index contributed by atoms with van der Waals surface area (Å²) in [6.45, 7) is 2.24. The Labute approximate surface area is 364 Å². The van der Waals surface area contributed by atoms with E-state index in [1.54, 1.807) is 0 Å². The van der Waals surface area contributed by atoms with Gasteiger partial charge in [0, 0.05) is 53.7 Å². The highest BCUT2D eigenvalue weighted by molar-refractivity contribution is 7.25. The van der Waals surface area contributed by atoms with E-state index >= 15 is 0 Å². The average Bonchev–Trinajstić information content (AvgIpc) is 3.88. The Kier molecular flexibility index (Phi) is 8.62. The second-order valence-corrected chi connectivity index (χ2v) is 17.3. The molecule has 10 aromatic carbocycles. The van der Waals surface area contributed by atoms with E-state index in [0.29, 0.717) is 0 Å². The predicted molar refractivity (Wildman–Crippen MR) is 267 cm³/mol. The zero-order chi connectivity index (χ0) is 41.1. The Morgan fingerprint density at radius 2 is 0.919 bits per heavy atom. The normalized spacial score (nSPS) is 11.6. The van der Waals surface area contributed by atoms with E-state index in [9.17, 15) is 0 Å². The first-order valence-electron chi connectivity index (χ1n) is 21.2. The number of thiophene rings is 1. The molecule has 2 nitrogen and oxygen atoms in total. The van der Waals surface area contributed by atoms with E-state index in [-0.39, 0.29) is 0 Å². The second kappa shape index (κ2) is 14.8. The van der Waals surface area contributed by atoms with Crippen LogP contribution in [0.4, 0.5) is 17.1 Å². The third-order valence-electron chi connectivity index (χ3n) is 12.5. The zero-order valence-electron chi connectivity index (χ0n) is 34.2. The highest BCUT2D eigenvalue weighted by Gasteiger charge is 2.18. The lowest BCUT2D eigenvalue weighted by molar-refractivity contribution is 1.18. The van der Waals surface area contributed by atoms with Crippen LogP contribution in [0.3, 0.4) is 0 Å². The van der Waals surface area contributed by atoms with E-state index in [1.165, 1.54) is 91.7 Å². The standard InChI is InChI=1S/C59H40N2S/c1-39-36-44(43-14-10-15-48(37-43)61-56-21-7-4-17-51(56)52-18-5-8-22-57(52)61)28-34-55(39)60(47-32-26-42(27-33-47)50-20-11-13-41-12-2-3-16-49(41)50)46-30-24-40(25-31-46)45-29-35-59-54(38-45)53-19-6-9-23-58(53)62-59/h2-38H,1H3. The molecule has 3 heteroatoms. The fourth-order valence-corrected chi connectivity index (χ4v) is 10.6. The summed E-state index contributed by atoms with van der Waals surface area (Å²) in [6, 6.07) is 82.2. The molecule has 0 amide bonds. The molecule has 0 atom stereocenters. The fraction of sp³-hybridized carbons (Fsp3) is 0.0169. The molecule has 0 aliphatic heterocycles. The van der Waals surface area contributed by atoms with Gasteiger partial charge in [0.1, 0.15) is 0 Å². The minimum atomic E-state index is 1.11.